The van der Waals surface area contributed by atoms with Gasteiger partial charge < -0.3 is 10.2 Å². The Kier molecular flexibility index (Phi) is 10.9. The van der Waals surface area contributed by atoms with Crippen LogP contribution in [0.2, 0.25) is 5.02 Å². The zero-order valence-electron chi connectivity index (χ0n) is 25.5. The molecule has 0 saturated heterocycles. The first-order valence-electron chi connectivity index (χ1n) is 15.0. The maximum absolute atomic E-state index is 14.3. The van der Waals surface area contributed by atoms with Gasteiger partial charge in [0, 0.05) is 17.6 Å². The van der Waals surface area contributed by atoms with Crippen molar-refractivity contribution in [2.24, 2.45) is 0 Å². The van der Waals surface area contributed by atoms with Gasteiger partial charge in [0.25, 0.3) is 10.0 Å². The van der Waals surface area contributed by atoms with Gasteiger partial charge in [-0.2, -0.15) is 0 Å². The van der Waals surface area contributed by atoms with E-state index in [0.29, 0.717) is 22.7 Å². The van der Waals surface area contributed by atoms with Gasteiger partial charge in [0.1, 0.15) is 12.6 Å². The van der Waals surface area contributed by atoms with Gasteiger partial charge in [0.15, 0.2) is 0 Å². The molecule has 1 fully saturated rings. The third kappa shape index (κ3) is 7.98. The average molecular weight is 624 g/mol. The van der Waals surface area contributed by atoms with E-state index in [1.807, 2.05) is 45.9 Å². The largest absolute Gasteiger partial charge is 0.352 e. The van der Waals surface area contributed by atoms with Crippen LogP contribution in [0.3, 0.4) is 0 Å². The molecule has 1 aliphatic rings. The Morgan fingerprint density at radius 2 is 1.60 bits per heavy atom. The summed E-state index contributed by atoms with van der Waals surface area (Å²) in [6.07, 6.45) is 5.47. The maximum Gasteiger partial charge on any atom is 0.264 e. The molecule has 0 bridgehead atoms. The monoisotopic (exact) mass is 623 g/mol. The lowest BCUT2D eigenvalue weighted by molar-refractivity contribution is -0.140. The number of nitrogens with zero attached hydrogens (tertiary/aromatic N) is 2. The normalized spacial score (nSPS) is 14.6. The molecule has 4 rings (SSSR count). The zero-order valence-corrected chi connectivity index (χ0v) is 27.0. The molecule has 43 heavy (non-hydrogen) atoms. The van der Waals surface area contributed by atoms with Crippen molar-refractivity contribution >= 4 is 39.1 Å². The molecule has 0 aliphatic heterocycles. The van der Waals surface area contributed by atoms with Crippen molar-refractivity contribution in [3.8, 4) is 0 Å². The van der Waals surface area contributed by atoms with Gasteiger partial charge in [-0.25, -0.2) is 8.42 Å². The van der Waals surface area contributed by atoms with Crippen LogP contribution in [0, 0.1) is 20.8 Å². The molecule has 0 spiro atoms. The first kappa shape index (κ1) is 32.6. The second kappa shape index (κ2) is 14.4. The fourth-order valence-corrected chi connectivity index (χ4v) is 7.12. The van der Waals surface area contributed by atoms with Crippen LogP contribution in [-0.2, 0) is 26.2 Å². The molecule has 0 unspecified atom stereocenters. The minimum atomic E-state index is -4.13. The highest BCUT2D eigenvalue weighted by atomic mass is 35.5. The predicted octanol–water partition coefficient (Wildman–Crippen LogP) is 6.72. The average Bonchev–Trinajstić information content (AvgIpc) is 2.98. The Morgan fingerprint density at radius 3 is 2.23 bits per heavy atom. The van der Waals surface area contributed by atoms with Crippen LogP contribution in [0.4, 0.5) is 5.69 Å². The third-order valence-corrected chi connectivity index (χ3v) is 10.5. The van der Waals surface area contributed by atoms with Crippen LogP contribution >= 0.6 is 11.6 Å². The maximum atomic E-state index is 14.3. The standard InChI is InChI=1S/C34H42ClN3O4S/c1-5-32(34(40)36-28-12-7-6-8-13-28)37(22-27-11-9-10-14-31(27)35)33(39)23-38(29-18-17-25(3)26(4)21-29)43(41,42)30-19-15-24(2)16-20-30/h9-11,14-21,28,32H,5-8,12-13,22-23H2,1-4H3,(H,36,40)/t32-/m1/s1. The van der Waals surface area contributed by atoms with Crippen molar-refractivity contribution < 1.29 is 18.0 Å². The van der Waals surface area contributed by atoms with Crippen LogP contribution in [0.5, 0.6) is 0 Å². The van der Waals surface area contributed by atoms with Gasteiger partial charge in [-0.1, -0.05) is 79.7 Å². The van der Waals surface area contributed by atoms with E-state index in [-0.39, 0.29) is 23.4 Å². The molecule has 1 atom stereocenters. The molecule has 3 aromatic rings. The Hall–Kier alpha value is -3.36. The summed E-state index contributed by atoms with van der Waals surface area (Å²) in [4.78, 5) is 29.6. The zero-order chi connectivity index (χ0) is 31.1. The molecule has 0 heterocycles. The Morgan fingerprint density at radius 1 is 0.930 bits per heavy atom. The highest BCUT2D eigenvalue weighted by Gasteiger charge is 2.34. The van der Waals surface area contributed by atoms with Crippen molar-refractivity contribution in [3.05, 3.63) is 94.0 Å². The summed E-state index contributed by atoms with van der Waals surface area (Å²) < 4.78 is 29.4. The Bertz CT molecular complexity index is 1540. The summed E-state index contributed by atoms with van der Waals surface area (Å²) in [6, 6.07) is 18.4. The number of carbonyl (C=O) groups excluding carboxylic acids is 2. The second-order valence-corrected chi connectivity index (χ2v) is 13.7. The van der Waals surface area contributed by atoms with Crippen LogP contribution in [-0.4, -0.2) is 43.8 Å². The van der Waals surface area contributed by atoms with Crippen LogP contribution in [0.25, 0.3) is 0 Å². The fourth-order valence-electron chi connectivity index (χ4n) is 5.52. The molecule has 3 aromatic carbocycles. The number of hydrogen-bond acceptors (Lipinski definition) is 4. The second-order valence-electron chi connectivity index (χ2n) is 11.5. The molecule has 230 valence electrons. The SMILES string of the molecule is CC[C@H](C(=O)NC1CCCCC1)N(Cc1ccccc1Cl)C(=O)CN(c1ccc(C)c(C)c1)S(=O)(=O)c1ccc(C)cc1. The van der Waals surface area contributed by atoms with E-state index >= 15 is 0 Å². The number of nitrogens with one attached hydrogen (secondary N) is 1. The first-order chi connectivity index (χ1) is 20.5. The van der Waals surface area contributed by atoms with Gasteiger partial charge in [0.05, 0.1) is 10.6 Å². The van der Waals surface area contributed by atoms with Crippen molar-refractivity contribution in [3.63, 3.8) is 0 Å². The number of rotatable bonds is 11. The highest BCUT2D eigenvalue weighted by molar-refractivity contribution is 7.92. The number of benzene rings is 3. The molecule has 0 aromatic heterocycles. The minimum Gasteiger partial charge on any atom is -0.352 e. The summed E-state index contributed by atoms with van der Waals surface area (Å²) in [6.45, 7) is 7.20. The number of anilines is 1. The molecule has 9 heteroatoms. The van der Waals surface area contributed by atoms with Gasteiger partial charge in [0.2, 0.25) is 11.8 Å². The third-order valence-electron chi connectivity index (χ3n) is 8.30. The molecule has 7 nitrogen and oxygen atoms in total. The lowest BCUT2D eigenvalue weighted by atomic mass is 9.95. The van der Waals surface area contributed by atoms with Crippen LogP contribution in [0.15, 0.2) is 71.6 Å². The van der Waals surface area contributed by atoms with E-state index in [1.165, 1.54) is 4.90 Å². The number of amides is 2. The van der Waals surface area contributed by atoms with Crippen molar-refractivity contribution in [2.75, 3.05) is 10.8 Å². The van der Waals surface area contributed by atoms with Crippen molar-refractivity contribution in [1.82, 2.24) is 10.2 Å². The predicted molar refractivity (Wildman–Crippen MR) is 173 cm³/mol. The van der Waals surface area contributed by atoms with Crippen molar-refractivity contribution in [2.45, 2.75) is 89.7 Å². The number of hydrogen-bond donors (Lipinski definition) is 1. The topological polar surface area (TPSA) is 86.8 Å². The smallest absolute Gasteiger partial charge is 0.264 e. The summed E-state index contributed by atoms with van der Waals surface area (Å²) in [5.74, 6) is -0.714. The van der Waals surface area contributed by atoms with E-state index in [2.05, 4.69) is 5.32 Å². The Labute approximate surface area is 261 Å². The van der Waals surface area contributed by atoms with Crippen LogP contribution in [0.1, 0.15) is 67.7 Å². The molecule has 0 radical (unpaired) electrons. The van der Waals surface area contributed by atoms with E-state index in [9.17, 15) is 18.0 Å². The van der Waals surface area contributed by atoms with E-state index in [1.54, 1.807) is 48.5 Å². The lowest BCUT2D eigenvalue weighted by Gasteiger charge is -2.34. The quantitative estimate of drug-likeness (QED) is 0.257. The van der Waals surface area contributed by atoms with Gasteiger partial charge in [-0.3, -0.25) is 13.9 Å². The first-order valence-corrected chi connectivity index (χ1v) is 16.8. The number of aryl methyl sites for hydroxylation is 3. The van der Waals surface area contributed by atoms with E-state index < -0.39 is 28.5 Å². The molecule has 1 aliphatic carbocycles. The molecule has 1 N–H and O–H groups in total. The fraction of sp³-hybridized carbons (Fsp3) is 0.412. The van der Waals surface area contributed by atoms with Gasteiger partial charge >= 0.3 is 0 Å². The molecular weight excluding hydrogens is 582 g/mol. The number of carbonyl (C=O) groups is 2. The van der Waals surface area contributed by atoms with Gasteiger partial charge in [-0.15, -0.1) is 0 Å². The summed E-state index contributed by atoms with van der Waals surface area (Å²) in [7, 11) is -4.13. The highest BCUT2D eigenvalue weighted by Crippen LogP contribution is 2.28. The van der Waals surface area contributed by atoms with E-state index in [4.69, 9.17) is 11.6 Å². The summed E-state index contributed by atoms with van der Waals surface area (Å²) in [5, 5.41) is 3.64. The lowest BCUT2D eigenvalue weighted by Crippen LogP contribution is -2.54. The van der Waals surface area contributed by atoms with Gasteiger partial charge in [-0.05, 0) is 87.1 Å². The number of sulfonamides is 1. The number of halogens is 1. The summed E-state index contributed by atoms with van der Waals surface area (Å²) >= 11 is 6.51. The van der Waals surface area contributed by atoms with E-state index in [0.717, 1.165) is 53.1 Å². The van der Waals surface area contributed by atoms with Crippen LogP contribution < -0.4 is 9.62 Å². The van der Waals surface area contributed by atoms with Crippen molar-refractivity contribution in [1.29, 1.82) is 0 Å². The molecule has 2 amide bonds. The summed E-state index contributed by atoms with van der Waals surface area (Å²) in [5.41, 5.74) is 3.90. The Balaban J connectivity index is 1.73. The molecular formula is C34H42ClN3O4S. The molecule has 1 saturated carbocycles. The minimum absolute atomic E-state index is 0.0699.